The third-order valence-electron chi connectivity index (χ3n) is 5.28. The largest absolute Gasteiger partial charge is 0.331 e. The standard InChI is InChI=1S/C23H29N3/c1-8-21-19(11-14(2)3)16(5)20-12-18(9-10-22(20)25-21)15(4)23-13-24-17(6)26(23)7/h9-10,12-14H,4,8,11H2,1-3,5-7H3. The highest BCUT2D eigenvalue weighted by molar-refractivity contribution is 5.89. The fraction of sp³-hybridized carbons (Fsp3) is 0.391. The Morgan fingerprint density at radius 3 is 2.54 bits per heavy atom. The van der Waals surface area contributed by atoms with Gasteiger partial charge in [0.05, 0.1) is 17.4 Å². The van der Waals surface area contributed by atoms with Crippen LogP contribution in [0.15, 0.2) is 31.0 Å². The molecular weight excluding hydrogens is 318 g/mol. The van der Waals surface area contributed by atoms with E-state index in [9.17, 15) is 0 Å². The molecule has 0 saturated heterocycles. The molecule has 0 saturated carbocycles. The Labute approximate surface area is 156 Å². The van der Waals surface area contributed by atoms with Crippen molar-refractivity contribution in [3.8, 4) is 0 Å². The van der Waals surface area contributed by atoms with Crippen LogP contribution in [0.3, 0.4) is 0 Å². The summed E-state index contributed by atoms with van der Waals surface area (Å²) in [4.78, 5) is 9.36. The molecule has 3 nitrogen and oxygen atoms in total. The van der Waals surface area contributed by atoms with Crippen molar-refractivity contribution in [3.63, 3.8) is 0 Å². The van der Waals surface area contributed by atoms with E-state index in [2.05, 4.69) is 62.0 Å². The van der Waals surface area contributed by atoms with Crippen LogP contribution in [-0.4, -0.2) is 14.5 Å². The van der Waals surface area contributed by atoms with Crippen molar-refractivity contribution in [2.24, 2.45) is 13.0 Å². The molecule has 0 bridgehead atoms. The molecule has 26 heavy (non-hydrogen) atoms. The molecule has 3 aromatic rings. The van der Waals surface area contributed by atoms with Crippen molar-refractivity contribution in [2.75, 3.05) is 0 Å². The van der Waals surface area contributed by atoms with Crippen LogP contribution in [0.5, 0.6) is 0 Å². The fourth-order valence-corrected chi connectivity index (χ4v) is 3.62. The first-order valence-electron chi connectivity index (χ1n) is 9.43. The average Bonchev–Trinajstić information content (AvgIpc) is 2.95. The van der Waals surface area contributed by atoms with Crippen LogP contribution in [0.1, 0.15) is 54.7 Å². The predicted octanol–water partition coefficient (Wildman–Crippen LogP) is 5.41. The molecule has 136 valence electrons. The molecule has 3 rings (SSSR count). The molecule has 0 aliphatic carbocycles. The summed E-state index contributed by atoms with van der Waals surface area (Å²) in [6, 6.07) is 6.50. The molecule has 0 aliphatic heterocycles. The lowest BCUT2D eigenvalue weighted by atomic mass is 9.92. The molecule has 0 atom stereocenters. The maximum absolute atomic E-state index is 4.96. The van der Waals surface area contributed by atoms with E-state index >= 15 is 0 Å². The zero-order valence-corrected chi connectivity index (χ0v) is 16.8. The highest BCUT2D eigenvalue weighted by atomic mass is 15.0. The molecule has 0 amide bonds. The quantitative estimate of drug-likeness (QED) is 0.618. The minimum atomic E-state index is 0.619. The van der Waals surface area contributed by atoms with E-state index in [1.165, 1.54) is 22.2 Å². The highest BCUT2D eigenvalue weighted by Gasteiger charge is 2.15. The summed E-state index contributed by atoms with van der Waals surface area (Å²) in [6.45, 7) is 15.3. The molecule has 2 heterocycles. The van der Waals surface area contributed by atoms with Gasteiger partial charge in [0.1, 0.15) is 5.82 Å². The molecule has 2 aromatic heterocycles. The summed E-state index contributed by atoms with van der Waals surface area (Å²) in [5, 5.41) is 1.23. The van der Waals surface area contributed by atoms with Crippen molar-refractivity contribution in [2.45, 2.75) is 47.5 Å². The molecule has 3 heteroatoms. The first kappa shape index (κ1) is 18.4. The van der Waals surface area contributed by atoms with Gasteiger partial charge in [0, 0.05) is 18.1 Å². The van der Waals surface area contributed by atoms with E-state index < -0.39 is 0 Å². The molecule has 0 fully saturated rings. The predicted molar refractivity (Wildman–Crippen MR) is 110 cm³/mol. The number of imidazole rings is 1. The molecule has 0 aliphatic rings. The number of hydrogen-bond donors (Lipinski definition) is 0. The van der Waals surface area contributed by atoms with E-state index in [1.807, 2.05) is 20.2 Å². The van der Waals surface area contributed by atoms with Gasteiger partial charge in [0.25, 0.3) is 0 Å². The Kier molecular flexibility index (Phi) is 4.99. The number of fused-ring (bicyclic) bond motifs is 1. The lowest BCUT2D eigenvalue weighted by Gasteiger charge is -2.17. The minimum Gasteiger partial charge on any atom is -0.331 e. The molecule has 0 radical (unpaired) electrons. The Hall–Kier alpha value is -2.42. The van der Waals surface area contributed by atoms with Gasteiger partial charge in [0.15, 0.2) is 0 Å². The normalized spacial score (nSPS) is 11.5. The smallest absolute Gasteiger partial charge is 0.105 e. The lowest BCUT2D eigenvalue weighted by molar-refractivity contribution is 0.638. The Morgan fingerprint density at radius 1 is 1.23 bits per heavy atom. The fourth-order valence-electron chi connectivity index (χ4n) is 3.62. The summed E-state index contributed by atoms with van der Waals surface area (Å²) in [7, 11) is 2.03. The third kappa shape index (κ3) is 3.18. The van der Waals surface area contributed by atoms with Gasteiger partial charge in [-0.1, -0.05) is 33.4 Å². The molecule has 1 aromatic carbocycles. The van der Waals surface area contributed by atoms with Gasteiger partial charge in [-0.2, -0.15) is 0 Å². The van der Waals surface area contributed by atoms with Crippen LogP contribution in [0.4, 0.5) is 0 Å². The number of aromatic nitrogens is 3. The van der Waals surface area contributed by atoms with E-state index in [1.54, 1.807) is 0 Å². The zero-order chi connectivity index (χ0) is 19.0. The van der Waals surface area contributed by atoms with Crippen LogP contribution in [0, 0.1) is 19.8 Å². The number of pyridine rings is 1. The average molecular weight is 348 g/mol. The third-order valence-corrected chi connectivity index (χ3v) is 5.28. The maximum Gasteiger partial charge on any atom is 0.105 e. The van der Waals surface area contributed by atoms with Crippen molar-refractivity contribution in [3.05, 3.63) is 64.9 Å². The highest BCUT2D eigenvalue weighted by Crippen LogP contribution is 2.30. The number of benzene rings is 1. The van der Waals surface area contributed by atoms with Gasteiger partial charge in [0.2, 0.25) is 0 Å². The van der Waals surface area contributed by atoms with Crippen molar-refractivity contribution in [1.82, 2.24) is 14.5 Å². The number of aryl methyl sites for hydroxylation is 3. The minimum absolute atomic E-state index is 0.619. The van der Waals surface area contributed by atoms with Crippen LogP contribution in [-0.2, 0) is 19.9 Å². The van der Waals surface area contributed by atoms with Crippen LogP contribution in [0.25, 0.3) is 16.5 Å². The van der Waals surface area contributed by atoms with E-state index in [0.717, 1.165) is 41.0 Å². The van der Waals surface area contributed by atoms with E-state index in [0.29, 0.717) is 5.92 Å². The Balaban J connectivity index is 2.14. The lowest BCUT2D eigenvalue weighted by Crippen LogP contribution is -2.05. The van der Waals surface area contributed by atoms with Crippen molar-refractivity contribution >= 4 is 16.5 Å². The molecule has 0 spiro atoms. The number of nitrogens with zero attached hydrogens (tertiary/aromatic N) is 3. The van der Waals surface area contributed by atoms with Crippen LogP contribution in [0.2, 0.25) is 0 Å². The number of rotatable bonds is 5. The Morgan fingerprint density at radius 2 is 1.96 bits per heavy atom. The van der Waals surface area contributed by atoms with Gasteiger partial charge < -0.3 is 4.57 Å². The summed E-state index contributed by atoms with van der Waals surface area (Å²) < 4.78 is 2.09. The topological polar surface area (TPSA) is 30.7 Å². The summed E-state index contributed by atoms with van der Waals surface area (Å²) in [6.07, 6.45) is 3.95. The monoisotopic (exact) mass is 347 g/mol. The number of hydrogen-bond acceptors (Lipinski definition) is 2. The van der Waals surface area contributed by atoms with Gasteiger partial charge in [-0.25, -0.2) is 4.98 Å². The van der Waals surface area contributed by atoms with Crippen molar-refractivity contribution in [1.29, 1.82) is 0 Å². The van der Waals surface area contributed by atoms with Gasteiger partial charge in [-0.3, -0.25) is 4.98 Å². The molecule has 0 N–H and O–H groups in total. The first-order chi connectivity index (χ1) is 12.3. The summed E-state index contributed by atoms with van der Waals surface area (Å²) >= 11 is 0. The first-order valence-corrected chi connectivity index (χ1v) is 9.43. The van der Waals surface area contributed by atoms with Gasteiger partial charge in [-0.05, 0) is 67.0 Å². The SMILES string of the molecule is C=C(c1ccc2nc(CC)c(CC(C)C)c(C)c2c1)c1cnc(C)n1C. The maximum atomic E-state index is 4.96. The second kappa shape index (κ2) is 7.06. The summed E-state index contributed by atoms with van der Waals surface area (Å²) in [5.74, 6) is 1.61. The second-order valence-corrected chi connectivity index (χ2v) is 7.57. The second-order valence-electron chi connectivity index (χ2n) is 7.57. The summed E-state index contributed by atoms with van der Waals surface area (Å²) in [5.41, 5.74) is 8.26. The Bertz CT molecular complexity index is 977. The van der Waals surface area contributed by atoms with E-state index in [-0.39, 0.29) is 0 Å². The zero-order valence-electron chi connectivity index (χ0n) is 16.8. The van der Waals surface area contributed by atoms with Crippen LogP contribution < -0.4 is 0 Å². The molecular formula is C23H29N3. The molecule has 0 unspecified atom stereocenters. The van der Waals surface area contributed by atoms with E-state index in [4.69, 9.17) is 4.98 Å². The van der Waals surface area contributed by atoms with Crippen molar-refractivity contribution < 1.29 is 0 Å². The van der Waals surface area contributed by atoms with Gasteiger partial charge >= 0.3 is 0 Å². The van der Waals surface area contributed by atoms with Gasteiger partial charge in [-0.15, -0.1) is 0 Å². The van der Waals surface area contributed by atoms with Crippen LogP contribution >= 0.6 is 0 Å².